The van der Waals surface area contributed by atoms with Crippen LogP contribution in [0.2, 0.25) is 0 Å². The van der Waals surface area contributed by atoms with Crippen LogP contribution in [0.3, 0.4) is 0 Å². The van der Waals surface area contributed by atoms with Gasteiger partial charge in [-0.1, -0.05) is 25.6 Å². The minimum absolute atomic E-state index is 0.561. The Kier molecular flexibility index (Phi) is 4.13. The van der Waals surface area contributed by atoms with Gasteiger partial charge in [0.05, 0.1) is 6.04 Å². The summed E-state index contributed by atoms with van der Waals surface area (Å²) in [6, 6.07) is 0.561. The molecule has 0 aliphatic heterocycles. The van der Waals surface area contributed by atoms with Crippen LogP contribution in [0.5, 0.6) is 0 Å². The molecule has 1 fully saturated rings. The average Bonchev–Trinajstić information content (AvgIpc) is 2.99. The van der Waals surface area contributed by atoms with E-state index in [0.717, 1.165) is 16.7 Å². The molecule has 1 unspecified atom stereocenters. The van der Waals surface area contributed by atoms with Crippen molar-refractivity contribution in [2.45, 2.75) is 37.9 Å². The predicted octanol–water partition coefficient (Wildman–Crippen LogP) is 2.30. The smallest absolute Gasteiger partial charge is 0.209 e. The van der Waals surface area contributed by atoms with Crippen molar-refractivity contribution in [3.05, 3.63) is 0 Å². The summed E-state index contributed by atoms with van der Waals surface area (Å²) < 4.78 is 1.97. The Morgan fingerprint density at radius 1 is 1.50 bits per heavy atom. The molecular weight excluding hydrogens is 240 g/mol. The fourth-order valence-electron chi connectivity index (χ4n) is 1.47. The molecule has 0 aromatic carbocycles. The number of hydrogen-bond acceptors (Lipinski definition) is 5. The van der Waals surface area contributed by atoms with Crippen LogP contribution in [0.15, 0.2) is 5.16 Å². The summed E-state index contributed by atoms with van der Waals surface area (Å²) >= 11 is 6.15. The molecule has 1 aromatic heterocycles. The molecule has 2 rings (SSSR count). The Bertz CT molecular complexity index is 335. The van der Waals surface area contributed by atoms with Gasteiger partial charge in [0.25, 0.3) is 0 Å². The lowest BCUT2D eigenvalue weighted by Gasteiger charge is -2.17. The van der Waals surface area contributed by atoms with E-state index in [1.54, 1.807) is 11.8 Å². The van der Waals surface area contributed by atoms with E-state index >= 15 is 0 Å². The third-order valence-electron chi connectivity index (χ3n) is 2.96. The van der Waals surface area contributed by atoms with Crippen LogP contribution in [-0.2, 0) is 0 Å². The predicted molar refractivity (Wildman–Crippen MR) is 69.0 cm³/mol. The van der Waals surface area contributed by atoms with Crippen molar-refractivity contribution in [1.29, 1.82) is 0 Å². The molecule has 0 radical (unpaired) electrons. The van der Waals surface area contributed by atoms with Crippen LogP contribution in [0.1, 0.15) is 32.7 Å². The Morgan fingerprint density at radius 2 is 2.25 bits per heavy atom. The first-order valence-corrected chi connectivity index (χ1v) is 7.35. The van der Waals surface area contributed by atoms with Crippen LogP contribution in [0, 0.1) is 11.8 Å². The van der Waals surface area contributed by atoms with Gasteiger partial charge in [0.15, 0.2) is 0 Å². The Hall–Kier alpha value is -0.230. The van der Waals surface area contributed by atoms with Crippen molar-refractivity contribution >= 4 is 24.4 Å². The normalized spacial score (nSPS) is 18.0. The lowest BCUT2D eigenvalue weighted by atomic mass is 10.0. The first-order valence-electron chi connectivity index (χ1n) is 5.74. The Labute approximate surface area is 106 Å². The number of rotatable bonds is 6. The van der Waals surface area contributed by atoms with Crippen LogP contribution < -0.4 is 0 Å². The van der Waals surface area contributed by atoms with Crippen molar-refractivity contribution < 1.29 is 0 Å². The average molecular weight is 258 g/mol. The zero-order valence-electron chi connectivity index (χ0n) is 9.70. The van der Waals surface area contributed by atoms with Crippen LogP contribution >= 0.6 is 24.4 Å². The minimum atomic E-state index is 0.561. The van der Waals surface area contributed by atoms with Gasteiger partial charge in [-0.2, -0.15) is 12.6 Å². The second kappa shape index (κ2) is 5.40. The molecule has 1 saturated carbocycles. The van der Waals surface area contributed by atoms with E-state index in [1.807, 2.05) is 4.68 Å². The van der Waals surface area contributed by atoms with E-state index in [0.29, 0.717) is 17.9 Å². The summed E-state index contributed by atoms with van der Waals surface area (Å²) in [5, 5.41) is 12.8. The van der Waals surface area contributed by atoms with E-state index in [4.69, 9.17) is 0 Å². The second-order valence-electron chi connectivity index (χ2n) is 4.63. The highest BCUT2D eigenvalue weighted by molar-refractivity contribution is 7.99. The molecule has 6 heteroatoms. The second-order valence-corrected chi connectivity index (χ2v) is 5.99. The molecule has 1 heterocycles. The van der Waals surface area contributed by atoms with Gasteiger partial charge >= 0.3 is 0 Å². The lowest BCUT2D eigenvalue weighted by Crippen LogP contribution is -2.14. The maximum absolute atomic E-state index is 4.39. The highest BCUT2D eigenvalue weighted by Crippen LogP contribution is 2.36. The molecule has 0 bridgehead atoms. The van der Waals surface area contributed by atoms with Crippen LogP contribution in [0.25, 0.3) is 0 Å². The molecule has 90 valence electrons. The Balaban J connectivity index is 1.90. The minimum Gasteiger partial charge on any atom is -0.217 e. The topological polar surface area (TPSA) is 43.6 Å². The maximum Gasteiger partial charge on any atom is 0.209 e. The number of tetrazole rings is 1. The summed E-state index contributed by atoms with van der Waals surface area (Å²) in [7, 11) is 0. The molecule has 0 N–H and O–H groups in total. The molecule has 4 nitrogen and oxygen atoms in total. The maximum atomic E-state index is 4.39. The number of thioether (sulfide) groups is 1. The summed E-state index contributed by atoms with van der Waals surface area (Å²) in [6.07, 6.45) is 2.44. The van der Waals surface area contributed by atoms with Crippen LogP contribution in [-0.4, -0.2) is 31.7 Å². The number of hydrogen-bond donors (Lipinski definition) is 1. The number of aromatic nitrogens is 4. The number of nitrogens with zero attached hydrogens (tertiary/aromatic N) is 4. The highest BCUT2D eigenvalue weighted by Gasteiger charge is 2.28. The van der Waals surface area contributed by atoms with Crippen molar-refractivity contribution in [2.75, 3.05) is 11.5 Å². The zero-order chi connectivity index (χ0) is 11.5. The third-order valence-corrected chi connectivity index (χ3v) is 4.55. The largest absolute Gasteiger partial charge is 0.217 e. The molecule has 1 aliphatic rings. The standard InChI is InChI=1S/C10H18N4S2/c1-7(2)8(5-15)6-16-10-11-12-13-14(10)9-3-4-9/h7-9,15H,3-6H2,1-2H3. The Morgan fingerprint density at radius 3 is 2.81 bits per heavy atom. The monoisotopic (exact) mass is 258 g/mol. The van der Waals surface area contributed by atoms with Gasteiger partial charge in [0, 0.05) is 5.75 Å². The zero-order valence-corrected chi connectivity index (χ0v) is 11.4. The van der Waals surface area contributed by atoms with Gasteiger partial charge in [-0.25, -0.2) is 4.68 Å². The molecule has 1 atom stereocenters. The molecule has 1 aliphatic carbocycles. The van der Waals surface area contributed by atoms with Gasteiger partial charge in [-0.15, -0.1) is 5.10 Å². The first-order chi connectivity index (χ1) is 7.72. The summed E-state index contributed by atoms with van der Waals surface area (Å²) in [6.45, 7) is 4.48. The SMILES string of the molecule is CC(C)C(CS)CSc1nnnn1C1CC1. The van der Waals surface area contributed by atoms with E-state index < -0.39 is 0 Å². The van der Waals surface area contributed by atoms with E-state index in [9.17, 15) is 0 Å². The van der Waals surface area contributed by atoms with Crippen molar-refractivity contribution in [3.63, 3.8) is 0 Å². The molecule has 0 saturated heterocycles. The summed E-state index contributed by atoms with van der Waals surface area (Å²) in [5.41, 5.74) is 0. The van der Waals surface area contributed by atoms with Gasteiger partial charge in [0.2, 0.25) is 5.16 Å². The van der Waals surface area contributed by atoms with Crippen molar-refractivity contribution in [3.8, 4) is 0 Å². The highest BCUT2D eigenvalue weighted by atomic mass is 32.2. The molecule has 16 heavy (non-hydrogen) atoms. The van der Waals surface area contributed by atoms with Crippen molar-refractivity contribution in [2.24, 2.45) is 11.8 Å². The molecule has 1 aromatic rings. The fraction of sp³-hybridized carbons (Fsp3) is 0.900. The van der Waals surface area contributed by atoms with Gasteiger partial charge in [0.1, 0.15) is 0 Å². The summed E-state index contributed by atoms with van der Waals surface area (Å²) in [4.78, 5) is 0. The van der Waals surface area contributed by atoms with E-state index in [2.05, 4.69) is 42.0 Å². The van der Waals surface area contributed by atoms with Gasteiger partial charge in [-0.05, 0) is 40.9 Å². The third kappa shape index (κ3) is 2.91. The molecular formula is C10H18N4S2. The van der Waals surface area contributed by atoms with Crippen LogP contribution in [0.4, 0.5) is 0 Å². The molecule has 0 amide bonds. The van der Waals surface area contributed by atoms with Gasteiger partial charge in [-0.3, -0.25) is 0 Å². The molecule has 0 spiro atoms. The van der Waals surface area contributed by atoms with E-state index in [-0.39, 0.29) is 0 Å². The quantitative estimate of drug-likeness (QED) is 0.628. The fourth-order valence-corrected chi connectivity index (χ4v) is 3.47. The van der Waals surface area contributed by atoms with E-state index in [1.165, 1.54) is 12.8 Å². The first kappa shape index (κ1) is 12.2. The van der Waals surface area contributed by atoms with Crippen molar-refractivity contribution in [1.82, 2.24) is 20.2 Å². The number of thiol groups is 1. The lowest BCUT2D eigenvalue weighted by molar-refractivity contribution is 0.472. The van der Waals surface area contributed by atoms with Gasteiger partial charge < -0.3 is 0 Å². The summed E-state index contributed by atoms with van der Waals surface area (Å²) in [5.74, 6) is 3.26.